The largest absolute Gasteiger partial charge is 0.490 e. The maximum Gasteiger partial charge on any atom is 0.255 e. The highest BCUT2D eigenvalue weighted by Gasteiger charge is 2.34. The van der Waals surface area contributed by atoms with Crippen molar-refractivity contribution >= 4 is 33.5 Å². The number of fused-ring (bicyclic) bond motifs is 1. The van der Waals surface area contributed by atoms with E-state index in [-0.39, 0.29) is 5.91 Å². The molecular formula is C31H32BrN5O3. The highest BCUT2D eigenvalue weighted by molar-refractivity contribution is 9.10. The van der Waals surface area contributed by atoms with Crippen LogP contribution in [0, 0.1) is 20.8 Å². The van der Waals surface area contributed by atoms with Gasteiger partial charge in [-0.15, -0.1) is 0 Å². The Bertz CT molecular complexity index is 1610. The van der Waals surface area contributed by atoms with E-state index in [0.29, 0.717) is 46.4 Å². The van der Waals surface area contributed by atoms with Crippen LogP contribution in [0.5, 0.6) is 11.5 Å². The molecule has 1 amide bonds. The normalized spacial score (nSPS) is 14.4. The van der Waals surface area contributed by atoms with E-state index in [9.17, 15) is 4.79 Å². The van der Waals surface area contributed by atoms with Crippen LogP contribution in [0.2, 0.25) is 0 Å². The second-order valence-electron chi connectivity index (χ2n) is 9.85. The first kappa shape index (κ1) is 27.5. The highest BCUT2D eigenvalue weighted by atomic mass is 79.9. The molecule has 9 heteroatoms. The van der Waals surface area contributed by atoms with Gasteiger partial charge in [0.05, 0.1) is 16.7 Å². The first-order valence-electron chi connectivity index (χ1n) is 13.2. The molecule has 8 nitrogen and oxygen atoms in total. The highest BCUT2D eigenvalue weighted by Crippen LogP contribution is 2.43. The Hall–Kier alpha value is -4.11. The molecule has 2 N–H and O–H groups in total. The van der Waals surface area contributed by atoms with Crippen LogP contribution in [-0.2, 0) is 11.4 Å². The van der Waals surface area contributed by atoms with Crippen molar-refractivity contribution in [3.05, 3.63) is 104 Å². The number of anilines is 2. The van der Waals surface area contributed by atoms with Crippen molar-refractivity contribution < 1.29 is 14.3 Å². The van der Waals surface area contributed by atoms with Gasteiger partial charge in [-0.05, 0) is 91.0 Å². The number of amides is 1. The summed E-state index contributed by atoms with van der Waals surface area (Å²) in [5, 5.41) is 10.8. The van der Waals surface area contributed by atoms with Crippen molar-refractivity contribution in [2.75, 3.05) is 17.2 Å². The third-order valence-corrected chi connectivity index (χ3v) is 7.54. The van der Waals surface area contributed by atoms with Gasteiger partial charge in [-0.3, -0.25) is 4.79 Å². The van der Waals surface area contributed by atoms with E-state index in [4.69, 9.17) is 9.47 Å². The van der Waals surface area contributed by atoms with Gasteiger partial charge in [0.25, 0.3) is 5.91 Å². The third-order valence-electron chi connectivity index (χ3n) is 6.95. The molecule has 1 unspecified atom stereocenters. The van der Waals surface area contributed by atoms with Crippen LogP contribution in [-0.4, -0.2) is 27.3 Å². The molecular weight excluding hydrogens is 570 g/mol. The van der Waals surface area contributed by atoms with Gasteiger partial charge < -0.3 is 20.1 Å². The van der Waals surface area contributed by atoms with Crippen LogP contribution in [0.15, 0.2) is 76.7 Å². The Morgan fingerprint density at radius 2 is 1.85 bits per heavy atom. The number of nitrogens with one attached hydrogen (secondary N) is 2. The second kappa shape index (κ2) is 11.6. The lowest BCUT2D eigenvalue weighted by atomic mass is 9.94. The van der Waals surface area contributed by atoms with Crippen molar-refractivity contribution in [3.8, 4) is 11.5 Å². The summed E-state index contributed by atoms with van der Waals surface area (Å²) in [6, 6.07) is 17.4. The zero-order valence-electron chi connectivity index (χ0n) is 23.2. The van der Waals surface area contributed by atoms with E-state index >= 15 is 0 Å². The molecule has 1 aromatic heterocycles. The van der Waals surface area contributed by atoms with Gasteiger partial charge in [0, 0.05) is 11.4 Å². The molecule has 2 heterocycles. The average molecular weight is 603 g/mol. The van der Waals surface area contributed by atoms with Crippen molar-refractivity contribution in [3.63, 3.8) is 0 Å². The van der Waals surface area contributed by atoms with Crippen molar-refractivity contribution in [1.29, 1.82) is 0 Å². The number of halogens is 1. The summed E-state index contributed by atoms with van der Waals surface area (Å²) >= 11 is 3.72. The number of allylic oxidation sites excluding steroid dienone is 1. The number of carbonyl (C=O) groups excluding carboxylic acids is 1. The molecule has 0 aliphatic carbocycles. The van der Waals surface area contributed by atoms with Gasteiger partial charge >= 0.3 is 0 Å². The minimum atomic E-state index is -0.551. The molecule has 0 bridgehead atoms. The minimum absolute atomic E-state index is 0.225. The molecule has 1 atom stereocenters. The maximum absolute atomic E-state index is 13.8. The number of aryl methyl sites for hydroxylation is 3. The Morgan fingerprint density at radius 3 is 2.60 bits per heavy atom. The van der Waals surface area contributed by atoms with Crippen molar-refractivity contribution in [2.24, 2.45) is 0 Å². The van der Waals surface area contributed by atoms with E-state index < -0.39 is 6.04 Å². The topological polar surface area (TPSA) is 90.3 Å². The summed E-state index contributed by atoms with van der Waals surface area (Å²) in [4.78, 5) is 18.2. The molecule has 4 aromatic rings. The zero-order chi connectivity index (χ0) is 28.4. The van der Waals surface area contributed by atoms with Gasteiger partial charge in [-0.1, -0.05) is 42.0 Å². The van der Waals surface area contributed by atoms with Gasteiger partial charge in [0.1, 0.15) is 19.0 Å². The SMILES string of the molecule is CCOc1cc(C2C(C(=O)Nc3ccc(C)cc3C)=C(C)Nc3ncnn32)cc(Br)c1OCc1ccccc1C. The molecule has 206 valence electrons. The molecule has 40 heavy (non-hydrogen) atoms. The Kier molecular flexibility index (Phi) is 7.93. The maximum atomic E-state index is 13.8. The first-order chi connectivity index (χ1) is 19.3. The van der Waals surface area contributed by atoms with Gasteiger partial charge in [0.2, 0.25) is 5.95 Å². The standard InChI is InChI=1S/C31H32BrN5O3/c1-6-39-26-15-23(14-24(32)29(26)40-16-22-10-8-7-9-19(22)3)28-27(21(5)35-31-33-17-34-37(28)31)30(38)36-25-12-11-18(2)13-20(25)4/h7-15,17,28H,6,16H2,1-5H3,(H,36,38)(H,33,34,35). The average Bonchev–Trinajstić information content (AvgIpc) is 3.38. The molecule has 0 spiro atoms. The lowest BCUT2D eigenvalue weighted by Gasteiger charge is -2.29. The summed E-state index contributed by atoms with van der Waals surface area (Å²) in [5.41, 5.74) is 7.16. The Balaban J connectivity index is 1.54. The summed E-state index contributed by atoms with van der Waals surface area (Å²) in [5.74, 6) is 1.51. The second-order valence-corrected chi connectivity index (χ2v) is 10.7. The smallest absolute Gasteiger partial charge is 0.255 e. The van der Waals surface area contributed by atoms with Crippen LogP contribution in [0.25, 0.3) is 0 Å². The van der Waals surface area contributed by atoms with E-state index in [2.05, 4.69) is 49.6 Å². The Morgan fingerprint density at radius 1 is 1.05 bits per heavy atom. The number of rotatable bonds is 8. The zero-order valence-corrected chi connectivity index (χ0v) is 24.8. The van der Waals surface area contributed by atoms with Crippen molar-refractivity contribution in [2.45, 2.75) is 47.3 Å². The third kappa shape index (κ3) is 5.47. The number of nitrogens with zero attached hydrogens (tertiary/aromatic N) is 3. The molecule has 0 saturated heterocycles. The van der Waals surface area contributed by atoms with Crippen LogP contribution in [0.1, 0.15) is 47.7 Å². The number of ether oxygens (including phenoxy) is 2. The van der Waals surface area contributed by atoms with Gasteiger partial charge in [-0.2, -0.15) is 10.1 Å². The first-order valence-corrected chi connectivity index (χ1v) is 14.0. The molecule has 0 fully saturated rings. The van der Waals surface area contributed by atoms with E-state index in [0.717, 1.165) is 33.5 Å². The van der Waals surface area contributed by atoms with Crippen LogP contribution in [0.3, 0.4) is 0 Å². The number of hydrogen-bond donors (Lipinski definition) is 2. The summed E-state index contributed by atoms with van der Waals surface area (Å²) < 4.78 is 14.8. The number of benzene rings is 3. The molecule has 3 aromatic carbocycles. The number of carbonyl (C=O) groups is 1. The van der Waals surface area contributed by atoms with Crippen LogP contribution in [0.4, 0.5) is 11.6 Å². The molecule has 0 saturated carbocycles. The number of hydrogen-bond acceptors (Lipinski definition) is 6. The lowest BCUT2D eigenvalue weighted by molar-refractivity contribution is -0.113. The van der Waals surface area contributed by atoms with Crippen LogP contribution < -0.4 is 20.1 Å². The van der Waals surface area contributed by atoms with E-state index in [1.54, 1.807) is 4.68 Å². The predicted octanol–water partition coefficient (Wildman–Crippen LogP) is 6.87. The lowest BCUT2D eigenvalue weighted by Crippen LogP contribution is -2.31. The molecule has 1 aliphatic rings. The summed E-state index contributed by atoms with van der Waals surface area (Å²) in [6.45, 7) is 10.7. The van der Waals surface area contributed by atoms with Crippen LogP contribution >= 0.6 is 15.9 Å². The monoisotopic (exact) mass is 601 g/mol. The quantitative estimate of drug-likeness (QED) is 0.229. The molecule has 5 rings (SSSR count). The minimum Gasteiger partial charge on any atom is -0.490 e. The summed E-state index contributed by atoms with van der Waals surface area (Å²) in [6.07, 6.45) is 1.48. The van der Waals surface area contributed by atoms with Gasteiger partial charge in [0.15, 0.2) is 11.5 Å². The number of aromatic nitrogens is 3. The molecule has 1 aliphatic heterocycles. The fourth-order valence-corrected chi connectivity index (χ4v) is 5.48. The molecule has 0 radical (unpaired) electrons. The fraction of sp³-hybridized carbons (Fsp3) is 0.258. The van der Waals surface area contributed by atoms with Crippen molar-refractivity contribution in [1.82, 2.24) is 14.8 Å². The summed E-state index contributed by atoms with van der Waals surface area (Å²) in [7, 11) is 0. The van der Waals surface area contributed by atoms with Gasteiger partial charge in [-0.25, -0.2) is 4.68 Å². The fourth-order valence-electron chi connectivity index (χ4n) is 4.91. The van der Waals surface area contributed by atoms with E-state index in [1.807, 2.05) is 76.2 Å². The van der Waals surface area contributed by atoms with E-state index in [1.165, 1.54) is 6.33 Å². The predicted molar refractivity (Wildman–Crippen MR) is 160 cm³/mol. The Labute approximate surface area is 242 Å².